The number of anilines is 1. The van der Waals surface area contributed by atoms with Crippen LogP contribution in [0.15, 0.2) is 71.6 Å². The van der Waals surface area contributed by atoms with Crippen LogP contribution in [0.25, 0.3) is 10.8 Å². The van der Waals surface area contributed by atoms with Gasteiger partial charge in [-0.25, -0.2) is 8.42 Å². The molecule has 0 spiro atoms. The molecule has 0 saturated carbocycles. The summed E-state index contributed by atoms with van der Waals surface area (Å²) in [4.78, 5) is 13.2. The van der Waals surface area contributed by atoms with Gasteiger partial charge in [-0.05, 0) is 52.8 Å². The molecule has 1 N–H and O–H groups in total. The Balaban J connectivity index is 1.44. The second kappa shape index (κ2) is 8.68. The van der Waals surface area contributed by atoms with Crippen molar-refractivity contribution >= 4 is 32.4 Å². The van der Waals surface area contributed by atoms with Gasteiger partial charge in [-0.3, -0.25) is 4.79 Å². The van der Waals surface area contributed by atoms with Gasteiger partial charge < -0.3 is 5.32 Å². The largest absolute Gasteiger partial charge is 0.326 e. The van der Waals surface area contributed by atoms with E-state index in [-0.39, 0.29) is 17.2 Å². The number of benzene rings is 3. The number of rotatable bonds is 4. The van der Waals surface area contributed by atoms with Crippen LogP contribution in [0.3, 0.4) is 0 Å². The summed E-state index contributed by atoms with van der Waals surface area (Å²) < 4.78 is 27.9. The third kappa shape index (κ3) is 4.57. The summed E-state index contributed by atoms with van der Waals surface area (Å²) in [7, 11) is -3.59. The molecule has 3 aromatic carbocycles. The Hall–Kier alpha value is -2.70. The Morgan fingerprint density at radius 3 is 2.22 bits per heavy atom. The van der Waals surface area contributed by atoms with Gasteiger partial charge in [0.1, 0.15) is 0 Å². The predicted octanol–water partition coefficient (Wildman–Crippen LogP) is 5.18. The maximum Gasteiger partial charge on any atom is 0.243 e. The summed E-state index contributed by atoms with van der Waals surface area (Å²) in [6.45, 7) is 7.04. The van der Waals surface area contributed by atoms with Crippen LogP contribution in [-0.4, -0.2) is 31.7 Å². The fraction of sp³-hybridized carbons (Fsp3) is 0.346. The lowest BCUT2D eigenvalue weighted by atomic mass is 9.85. The molecule has 0 atom stereocenters. The summed E-state index contributed by atoms with van der Waals surface area (Å²) >= 11 is 0. The monoisotopic (exact) mass is 450 g/mol. The van der Waals surface area contributed by atoms with Crippen molar-refractivity contribution in [2.75, 3.05) is 18.4 Å². The second-order valence-electron chi connectivity index (χ2n) is 9.47. The number of nitrogens with zero attached hydrogens (tertiary/aromatic N) is 1. The minimum absolute atomic E-state index is 0.0375. The maximum absolute atomic E-state index is 13.2. The van der Waals surface area contributed by atoms with Crippen LogP contribution in [0.4, 0.5) is 5.69 Å². The molecular weight excluding hydrogens is 420 g/mol. The van der Waals surface area contributed by atoms with Crippen molar-refractivity contribution in [3.05, 3.63) is 72.3 Å². The summed E-state index contributed by atoms with van der Waals surface area (Å²) in [5.74, 6) is -0.240. The SMILES string of the molecule is CC(C)(C)c1ccccc1NC(=O)C1CCN(S(=O)(=O)c2ccc3ccccc3c2)CC1. The number of carbonyl (C=O) groups is 1. The van der Waals surface area contributed by atoms with E-state index in [0.29, 0.717) is 30.8 Å². The van der Waals surface area contributed by atoms with Gasteiger partial charge in [0.15, 0.2) is 0 Å². The van der Waals surface area contributed by atoms with Gasteiger partial charge in [0, 0.05) is 24.7 Å². The second-order valence-corrected chi connectivity index (χ2v) is 11.4. The van der Waals surface area contributed by atoms with Crippen LogP contribution in [0.5, 0.6) is 0 Å². The Morgan fingerprint density at radius 1 is 0.906 bits per heavy atom. The van der Waals surface area contributed by atoms with Crippen LogP contribution in [0.2, 0.25) is 0 Å². The maximum atomic E-state index is 13.2. The van der Waals surface area contributed by atoms with E-state index in [2.05, 4.69) is 26.1 Å². The van der Waals surface area contributed by atoms with Crippen LogP contribution in [0, 0.1) is 5.92 Å². The molecule has 5 nitrogen and oxygen atoms in total. The lowest BCUT2D eigenvalue weighted by molar-refractivity contribution is -0.120. The highest BCUT2D eigenvalue weighted by Gasteiger charge is 2.32. The Kier molecular flexibility index (Phi) is 6.10. The van der Waals surface area contributed by atoms with Crippen LogP contribution in [0.1, 0.15) is 39.2 Å². The molecule has 4 rings (SSSR count). The molecule has 0 radical (unpaired) electrons. The first-order valence-corrected chi connectivity index (χ1v) is 12.5. The lowest BCUT2D eigenvalue weighted by Crippen LogP contribution is -2.41. The third-order valence-corrected chi connectivity index (χ3v) is 8.07. The highest BCUT2D eigenvalue weighted by atomic mass is 32.2. The predicted molar refractivity (Wildman–Crippen MR) is 129 cm³/mol. The average Bonchev–Trinajstić information content (AvgIpc) is 2.78. The van der Waals surface area contributed by atoms with E-state index in [1.807, 2.05) is 54.6 Å². The van der Waals surface area contributed by atoms with E-state index < -0.39 is 10.0 Å². The van der Waals surface area contributed by atoms with Crippen molar-refractivity contribution in [2.24, 2.45) is 5.92 Å². The number of piperidine rings is 1. The lowest BCUT2D eigenvalue weighted by Gasteiger charge is -2.31. The van der Waals surface area contributed by atoms with Gasteiger partial charge in [0.05, 0.1) is 4.90 Å². The smallest absolute Gasteiger partial charge is 0.243 e. The number of fused-ring (bicyclic) bond motifs is 1. The average molecular weight is 451 g/mol. The molecule has 1 aliphatic heterocycles. The number of hydrogen-bond donors (Lipinski definition) is 1. The molecule has 0 bridgehead atoms. The van der Waals surface area contributed by atoms with E-state index in [9.17, 15) is 13.2 Å². The first-order valence-electron chi connectivity index (χ1n) is 11.1. The molecule has 1 heterocycles. The molecule has 0 aliphatic carbocycles. The van der Waals surface area contributed by atoms with Crippen LogP contribution >= 0.6 is 0 Å². The highest BCUT2D eigenvalue weighted by Crippen LogP contribution is 2.31. The number of amides is 1. The Bertz CT molecular complexity index is 1240. The van der Waals surface area contributed by atoms with Crippen LogP contribution in [-0.2, 0) is 20.2 Å². The first kappa shape index (κ1) is 22.5. The molecular formula is C26H30N2O3S. The molecule has 1 fully saturated rings. The molecule has 0 unspecified atom stereocenters. The number of sulfonamides is 1. The minimum Gasteiger partial charge on any atom is -0.326 e. The van der Waals surface area contributed by atoms with Crippen molar-refractivity contribution in [1.29, 1.82) is 0 Å². The molecule has 1 amide bonds. The van der Waals surface area contributed by atoms with E-state index >= 15 is 0 Å². The molecule has 1 saturated heterocycles. The fourth-order valence-corrected chi connectivity index (χ4v) is 5.82. The molecule has 3 aromatic rings. The Labute approximate surface area is 190 Å². The number of carbonyl (C=O) groups excluding carboxylic acids is 1. The van der Waals surface area contributed by atoms with Crippen molar-refractivity contribution < 1.29 is 13.2 Å². The highest BCUT2D eigenvalue weighted by molar-refractivity contribution is 7.89. The zero-order valence-corrected chi connectivity index (χ0v) is 19.7. The van der Waals surface area contributed by atoms with Crippen molar-refractivity contribution in [3.63, 3.8) is 0 Å². The van der Waals surface area contributed by atoms with Gasteiger partial charge in [0.2, 0.25) is 15.9 Å². The standard InChI is InChI=1S/C26H30N2O3S/c1-26(2,3)23-10-6-7-11-24(23)27-25(29)20-14-16-28(17-15-20)32(30,31)22-13-12-19-8-4-5-9-21(19)18-22/h4-13,18,20H,14-17H2,1-3H3,(H,27,29). The first-order chi connectivity index (χ1) is 15.2. The summed E-state index contributed by atoms with van der Waals surface area (Å²) in [6.07, 6.45) is 1.02. The van der Waals surface area contributed by atoms with E-state index in [4.69, 9.17) is 0 Å². The van der Waals surface area contributed by atoms with E-state index in [0.717, 1.165) is 22.0 Å². The van der Waals surface area contributed by atoms with Gasteiger partial charge in [-0.2, -0.15) is 4.31 Å². The number of hydrogen-bond acceptors (Lipinski definition) is 3. The number of nitrogens with one attached hydrogen (secondary N) is 1. The van der Waals surface area contributed by atoms with Crippen LogP contribution < -0.4 is 5.32 Å². The zero-order chi connectivity index (χ0) is 22.9. The molecule has 0 aromatic heterocycles. The zero-order valence-electron chi connectivity index (χ0n) is 18.8. The molecule has 168 valence electrons. The minimum atomic E-state index is -3.59. The molecule has 6 heteroatoms. The quantitative estimate of drug-likeness (QED) is 0.596. The van der Waals surface area contributed by atoms with Gasteiger partial charge >= 0.3 is 0 Å². The summed E-state index contributed by atoms with van der Waals surface area (Å²) in [5, 5.41) is 5.00. The van der Waals surface area contributed by atoms with Gasteiger partial charge in [-0.1, -0.05) is 69.3 Å². The van der Waals surface area contributed by atoms with Crippen molar-refractivity contribution in [1.82, 2.24) is 4.31 Å². The van der Waals surface area contributed by atoms with E-state index in [1.165, 1.54) is 4.31 Å². The van der Waals surface area contributed by atoms with Gasteiger partial charge in [-0.15, -0.1) is 0 Å². The number of para-hydroxylation sites is 1. The van der Waals surface area contributed by atoms with Crippen molar-refractivity contribution in [2.45, 2.75) is 43.9 Å². The third-order valence-electron chi connectivity index (χ3n) is 6.18. The van der Waals surface area contributed by atoms with Gasteiger partial charge in [0.25, 0.3) is 0 Å². The normalized spacial score (nSPS) is 16.2. The molecule has 1 aliphatic rings. The fourth-order valence-electron chi connectivity index (χ4n) is 4.32. The summed E-state index contributed by atoms with van der Waals surface area (Å²) in [5.41, 5.74) is 1.84. The van der Waals surface area contributed by atoms with E-state index in [1.54, 1.807) is 12.1 Å². The topological polar surface area (TPSA) is 66.5 Å². The van der Waals surface area contributed by atoms with Crippen molar-refractivity contribution in [3.8, 4) is 0 Å². The Morgan fingerprint density at radius 2 is 1.53 bits per heavy atom. The summed E-state index contributed by atoms with van der Waals surface area (Å²) in [6, 6.07) is 20.8. The molecule has 32 heavy (non-hydrogen) atoms.